The van der Waals surface area contributed by atoms with Gasteiger partial charge in [0.2, 0.25) is 0 Å². The van der Waals surface area contributed by atoms with E-state index in [2.05, 4.69) is 21.4 Å². The molecule has 0 aromatic heterocycles. The third kappa shape index (κ3) is 2.72. The molecule has 106 valence electrons. The summed E-state index contributed by atoms with van der Waals surface area (Å²) in [5.41, 5.74) is 3.00. The minimum Gasteiger partial charge on any atom is -0.271 e. The number of halogens is 4. The predicted molar refractivity (Wildman–Crippen MR) is 74.4 cm³/mol. The van der Waals surface area contributed by atoms with E-state index in [0.29, 0.717) is 5.56 Å². The molecule has 20 heavy (non-hydrogen) atoms. The van der Waals surface area contributed by atoms with Crippen molar-refractivity contribution >= 4 is 15.9 Å². The molecule has 2 aromatic carbocycles. The Labute approximate surface area is 122 Å². The zero-order valence-corrected chi connectivity index (χ0v) is 12.1. The molecule has 0 fully saturated rings. The van der Waals surface area contributed by atoms with E-state index >= 15 is 0 Å². The van der Waals surface area contributed by atoms with Crippen molar-refractivity contribution < 1.29 is 13.2 Å². The minimum absolute atomic E-state index is 0.0253. The van der Waals surface area contributed by atoms with E-state index in [0.717, 1.165) is 0 Å². The van der Waals surface area contributed by atoms with Crippen LogP contribution in [0.4, 0.5) is 13.2 Å². The molecule has 2 aromatic rings. The highest BCUT2D eigenvalue weighted by molar-refractivity contribution is 9.10. The molecule has 2 rings (SSSR count). The summed E-state index contributed by atoms with van der Waals surface area (Å²) < 4.78 is 41.5. The maximum atomic E-state index is 14.0. The van der Waals surface area contributed by atoms with Gasteiger partial charge in [0, 0.05) is 5.56 Å². The summed E-state index contributed by atoms with van der Waals surface area (Å²) in [6.45, 7) is 1.46. The fraction of sp³-hybridized carbons (Fsp3) is 0.143. The Balaban J connectivity index is 2.52. The molecule has 6 heteroatoms. The maximum Gasteiger partial charge on any atom is 0.164 e. The van der Waals surface area contributed by atoms with Crippen molar-refractivity contribution in [2.45, 2.75) is 13.0 Å². The molecular weight excluding hydrogens is 333 g/mol. The van der Waals surface area contributed by atoms with Gasteiger partial charge >= 0.3 is 0 Å². The van der Waals surface area contributed by atoms with Crippen LogP contribution in [-0.4, -0.2) is 0 Å². The molecule has 0 aliphatic carbocycles. The van der Waals surface area contributed by atoms with Gasteiger partial charge < -0.3 is 0 Å². The van der Waals surface area contributed by atoms with Crippen molar-refractivity contribution in [2.24, 2.45) is 5.84 Å². The van der Waals surface area contributed by atoms with Gasteiger partial charge in [-0.15, -0.1) is 0 Å². The third-order valence-corrected chi connectivity index (χ3v) is 3.70. The molecule has 0 aliphatic heterocycles. The Morgan fingerprint density at radius 1 is 1.10 bits per heavy atom. The number of aryl methyl sites for hydroxylation is 1. The van der Waals surface area contributed by atoms with Gasteiger partial charge in [-0.05, 0) is 46.1 Å². The Hall–Kier alpha value is -1.37. The zero-order chi connectivity index (χ0) is 14.9. The molecule has 1 atom stereocenters. The third-order valence-electron chi connectivity index (χ3n) is 3.06. The van der Waals surface area contributed by atoms with Gasteiger partial charge in [0.1, 0.15) is 5.82 Å². The molecule has 0 spiro atoms. The number of nitrogens with two attached hydrogens (primary N) is 1. The topological polar surface area (TPSA) is 38.0 Å². The van der Waals surface area contributed by atoms with Crippen molar-refractivity contribution in [3.05, 3.63) is 68.9 Å². The molecule has 3 N–H and O–H groups in total. The lowest BCUT2D eigenvalue weighted by Gasteiger charge is -2.18. The number of hydrogen-bond acceptors (Lipinski definition) is 2. The summed E-state index contributed by atoms with van der Waals surface area (Å²) in [6.07, 6.45) is 0. The quantitative estimate of drug-likeness (QED) is 0.657. The smallest absolute Gasteiger partial charge is 0.164 e. The summed E-state index contributed by atoms with van der Waals surface area (Å²) in [5, 5.41) is 0. The van der Waals surface area contributed by atoms with E-state index < -0.39 is 23.5 Å². The summed E-state index contributed by atoms with van der Waals surface area (Å²) in [5.74, 6) is 2.98. The summed E-state index contributed by atoms with van der Waals surface area (Å²) in [4.78, 5) is 0. The summed E-state index contributed by atoms with van der Waals surface area (Å²) in [6, 6.07) is 6.32. The molecule has 2 nitrogen and oxygen atoms in total. The van der Waals surface area contributed by atoms with Crippen LogP contribution in [0.25, 0.3) is 0 Å². The fourth-order valence-electron chi connectivity index (χ4n) is 1.94. The molecular formula is C14H12BrF3N2. The van der Waals surface area contributed by atoms with E-state index in [1.165, 1.54) is 31.2 Å². The normalized spacial score (nSPS) is 12.5. The van der Waals surface area contributed by atoms with Gasteiger partial charge in [0.25, 0.3) is 0 Å². The van der Waals surface area contributed by atoms with Gasteiger partial charge in [-0.25, -0.2) is 18.6 Å². The van der Waals surface area contributed by atoms with Crippen LogP contribution in [0.5, 0.6) is 0 Å². The Morgan fingerprint density at radius 3 is 2.40 bits per heavy atom. The van der Waals surface area contributed by atoms with Gasteiger partial charge in [0.05, 0.1) is 10.5 Å². The van der Waals surface area contributed by atoms with E-state index in [-0.39, 0.29) is 15.6 Å². The van der Waals surface area contributed by atoms with Crippen molar-refractivity contribution in [3.8, 4) is 0 Å². The first-order valence-electron chi connectivity index (χ1n) is 5.81. The van der Waals surface area contributed by atoms with Crippen LogP contribution in [0.2, 0.25) is 0 Å². The highest BCUT2D eigenvalue weighted by Crippen LogP contribution is 2.28. The van der Waals surface area contributed by atoms with E-state index in [1.54, 1.807) is 6.07 Å². The maximum absolute atomic E-state index is 14.0. The number of hydrogen-bond donors (Lipinski definition) is 2. The Morgan fingerprint density at radius 2 is 1.80 bits per heavy atom. The minimum atomic E-state index is -0.990. The van der Waals surface area contributed by atoms with Gasteiger partial charge in [0.15, 0.2) is 11.6 Å². The lowest BCUT2D eigenvalue weighted by atomic mass is 9.97. The van der Waals surface area contributed by atoms with Gasteiger partial charge in [-0.2, -0.15) is 0 Å². The SMILES string of the molecule is Cc1ccc(C(NN)c2ccc(Br)c(F)c2)c(F)c1F. The highest BCUT2D eigenvalue weighted by atomic mass is 79.9. The zero-order valence-electron chi connectivity index (χ0n) is 10.6. The van der Waals surface area contributed by atoms with E-state index in [1.807, 2.05) is 0 Å². The lowest BCUT2D eigenvalue weighted by Crippen LogP contribution is -2.30. The molecule has 0 bridgehead atoms. The van der Waals surface area contributed by atoms with Crippen LogP contribution < -0.4 is 11.3 Å². The van der Waals surface area contributed by atoms with Crippen molar-refractivity contribution in [2.75, 3.05) is 0 Å². The second-order valence-electron chi connectivity index (χ2n) is 4.37. The number of benzene rings is 2. The average Bonchev–Trinajstić information content (AvgIpc) is 2.43. The Kier molecular flexibility index (Phi) is 4.47. The summed E-state index contributed by atoms with van der Waals surface area (Å²) in [7, 11) is 0. The van der Waals surface area contributed by atoms with E-state index in [4.69, 9.17) is 5.84 Å². The Bertz CT molecular complexity index is 647. The largest absolute Gasteiger partial charge is 0.271 e. The van der Waals surface area contributed by atoms with Gasteiger partial charge in [-0.3, -0.25) is 5.84 Å². The second-order valence-corrected chi connectivity index (χ2v) is 5.23. The molecule has 0 aliphatic rings. The standard InChI is InChI=1S/C14H12BrF3N2/c1-7-2-4-9(13(18)12(7)17)14(20-19)8-3-5-10(15)11(16)6-8/h2-6,14,20H,19H2,1H3. The highest BCUT2D eigenvalue weighted by Gasteiger charge is 2.21. The molecule has 0 saturated heterocycles. The van der Waals surface area contributed by atoms with Crippen LogP contribution in [-0.2, 0) is 0 Å². The van der Waals surface area contributed by atoms with Crippen molar-refractivity contribution in [1.29, 1.82) is 0 Å². The van der Waals surface area contributed by atoms with Crippen LogP contribution in [0, 0.1) is 24.4 Å². The first-order valence-corrected chi connectivity index (χ1v) is 6.60. The fourth-order valence-corrected chi connectivity index (χ4v) is 2.19. The average molecular weight is 345 g/mol. The monoisotopic (exact) mass is 344 g/mol. The van der Waals surface area contributed by atoms with Gasteiger partial charge in [-0.1, -0.05) is 18.2 Å². The predicted octanol–water partition coefficient (Wildman–Crippen LogP) is 3.73. The molecule has 1 unspecified atom stereocenters. The van der Waals surface area contributed by atoms with Crippen LogP contribution in [0.3, 0.4) is 0 Å². The second kappa shape index (κ2) is 5.95. The first-order chi connectivity index (χ1) is 9.45. The number of nitrogens with one attached hydrogen (secondary N) is 1. The van der Waals surface area contributed by atoms with Crippen LogP contribution in [0.15, 0.2) is 34.8 Å². The number of rotatable bonds is 3. The number of hydrazine groups is 1. The van der Waals surface area contributed by atoms with Crippen LogP contribution >= 0.6 is 15.9 Å². The lowest BCUT2D eigenvalue weighted by molar-refractivity contribution is 0.478. The molecule has 0 amide bonds. The molecule has 0 saturated carbocycles. The first kappa shape index (κ1) is 15.0. The van der Waals surface area contributed by atoms with E-state index in [9.17, 15) is 13.2 Å². The summed E-state index contributed by atoms with van der Waals surface area (Å²) >= 11 is 3.03. The molecule has 0 radical (unpaired) electrons. The van der Waals surface area contributed by atoms with Crippen molar-refractivity contribution in [1.82, 2.24) is 5.43 Å². The molecule has 0 heterocycles. The van der Waals surface area contributed by atoms with Crippen LogP contribution in [0.1, 0.15) is 22.7 Å². The van der Waals surface area contributed by atoms with Crippen molar-refractivity contribution in [3.63, 3.8) is 0 Å².